The van der Waals surface area contributed by atoms with E-state index in [1.165, 1.54) is 6.26 Å². The van der Waals surface area contributed by atoms with Crippen molar-refractivity contribution in [2.75, 3.05) is 6.61 Å². The molecule has 2 aromatic carbocycles. The topological polar surface area (TPSA) is 75.7 Å². The van der Waals surface area contributed by atoms with Crippen molar-refractivity contribution in [2.24, 2.45) is 0 Å². The maximum absolute atomic E-state index is 10.1. The zero-order chi connectivity index (χ0) is 20.9. The summed E-state index contributed by atoms with van der Waals surface area (Å²) < 4.78 is 11.0. The third-order valence-corrected chi connectivity index (χ3v) is 5.49. The number of nitrogens with zero attached hydrogens (tertiary/aromatic N) is 1. The first kappa shape index (κ1) is 20.6. The molecular formula is C24H22ClNO4. The van der Waals surface area contributed by atoms with Crippen molar-refractivity contribution in [1.82, 2.24) is 4.98 Å². The first-order valence-corrected chi connectivity index (χ1v) is 10.2. The third kappa shape index (κ3) is 5.10. The normalized spacial score (nSPS) is 21.1. The Bertz CT molecular complexity index is 1040. The second-order valence-corrected chi connectivity index (χ2v) is 7.77. The highest BCUT2D eigenvalue weighted by Gasteiger charge is 2.29. The van der Waals surface area contributed by atoms with Gasteiger partial charge in [-0.25, -0.2) is 4.98 Å². The minimum Gasteiger partial charge on any atom is -0.439 e. The van der Waals surface area contributed by atoms with Crippen LogP contribution in [0.3, 0.4) is 0 Å². The predicted molar refractivity (Wildman–Crippen MR) is 113 cm³/mol. The van der Waals surface area contributed by atoms with Crippen molar-refractivity contribution in [3.8, 4) is 11.8 Å². The van der Waals surface area contributed by atoms with Crippen molar-refractivity contribution in [2.45, 2.75) is 37.6 Å². The van der Waals surface area contributed by atoms with Crippen LogP contribution < -0.4 is 0 Å². The number of rotatable bonds is 4. The molecule has 0 saturated carbocycles. The molecule has 1 saturated heterocycles. The van der Waals surface area contributed by atoms with Gasteiger partial charge in [0.2, 0.25) is 0 Å². The van der Waals surface area contributed by atoms with Crippen LogP contribution in [0.15, 0.2) is 59.3 Å². The molecule has 5 nitrogen and oxygen atoms in total. The second kappa shape index (κ2) is 9.46. The van der Waals surface area contributed by atoms with Crippen LogP contribution in [0.4, 0.5) is 0 Å². The van der Waals surface area contributed by atoms with Crippen LogP contribution >= 0.6 is 11.6 Å². The number of aliphatic hydroxyl groups excluding tert-OH is 2. The third-order valence-electron chi connectivity index (χ3n) is 5.12. The standard InChI is InChI=1S/C24H22ClNO4/c25-22-7-6-18(23-14-20(28)13-21(15-27)30-23)12-19(22)11-17-3-1-16(2-4-17)5-8-24-26-9-10-29-24/h1-4,6-7,9-10,12,20-21,23,27-28H,11,13-15H2/t20-,21-,23+/m0/s1. The Kier molecular flexibility index (Phi) is 6.51. The highest BCUT2D eigenvalue weighted by Crippen LogP contribution is 2.33. The monoisotopic (exact) mass is 423 g/mol. The fourth-order valence-electron chi connectivity index (χ4n) is 3.59. The highest BCUT2D eigenvalue weighted by molar-refractivity contribution is 6.31. The minimum absolute atomic E-state index is 0.0980. The van der Waals surface area contributed by atoms with E-state index in [9.17, 15) is 10.2 Å². The van der Waals surface area contributed by atoms with Crippen molar-refractivity contribution < 1.29 is 19.4 Å². The molecule has 1 aliphatic heterocycles. The zero-order valence-corrected chi connectivity index (χ0v) is 17.0. The molecule has 0 bridgehead atoms. The molecule has 30 heavy (non-hydrogen) atoms. The van der Waals surface area contributed by atoms with Crippen LogP contribution in [-0.4, -0.2) is 34.0 Å². The van der Waals surface area contributed by atoms with Crippen LogP contribution in [0.5, 0.6) is 0 Å². The van der Waals surface area contributed by atoms with Crippen molar-refractivity contribution in [3.63, 3.8) is 0 Å². The van der Waals surface area contributed by atoms with Gasteiger partial charge in [0.05, 0.1) is 31.1 Å². The molecule has 2 heterocycles. The Hall–Kier alpha value is -2.62. The molecule has 1 fully saturated rings. The van der Waals surface area contributed by atoms with Gasteiger partial charge in [-0.3, -0.25) is 0 Å². The number of ether oxygens (including phenoxy) is 1. The van der Waals surface area contributed by atoms with E-state index in [-0.39, 0.29) is 18.8 Å². The summed E-state index contributed by atoms with van der Waals surface area (Å²) in [5.74, 6) is 6.29. The Labute approximate surface area is 180 Å². The van der Waals surface area contributed by atoms with Crippen molar-refractivity contribution >= 4 is 11.6 Å². The fourth-order valence-corrected chi connectivity index (χ4v) is 3.77. The lowest BCUT2D eigenvalue weighted by atomic mass is 9.94. The molecule has 2 N–H and O–H groups in total. The van der Waals surface area contributed by atoms with Crippen LogP contribution in [0, 0.1) is 11.8 Å². The number of benzene rings is 2. The van der Waals surface area contributed by atoms with E-state index >= 15 is 0 Å². The molecule has 1 aliphatic rings. The van der Waals surface area contributed by atoms with Gasteiger partial charge in [0.25, 0.3) is 5.89 Å². The van der Waals surface area contributed by atoms with Crippen LogP contribution in [0.1, 0.15) is 47.1 Å². The van der Waals surface area contributed by atoms with Crippen molar-refractivity contribution in [3.05, 3.63) is 88.1 Å². The molecule has 0 aliphatic carbocycles. The van der Waals surface area contributed by atoms with Crippen LogP contribution in [-0.2, 0) is 11.2 Å². The van der Waals surface area contributed by atoms with Gasteiger partial charge in [0.1, 0.15) is 6.26 Å². The first-order valence-electron chi connectivity index (χ1n) is 9.84. The molecule has 0 spiro atoms. The van der Waals surface area contributed by atoms with Gasteiger partial charge in [-0.05, 0) is 47.2 Å². The zero-order valence-electron chi connectivity index (χ0n) is 16.3. The number of hydrogen-bond acceptors (Lipinski definition) is 5. The summed E-state index contributed by atoms with van der Waals surface area (Å²) >= 11 is 6.44. The summed E-state index contributed by atoms with van der Waals surface area (Å²) in [6.07, 6.45) is 3.61. The summed E-state index contributed by atoms with van der Waals surface area (Å²) in [5.41, 5.74) is 3.92. The summed E-state index contributed by atoms with van der Waals surface area (Å²) in [7, 11) is 0. The molecule has 0 radical (unpaired) electrons. The maximum atomic E-state index is 10.1. The smallest absolute Gasteiger partial charge is 0.273 e. The number of halogens is 1. The van der Waals surface area contributed by atoms with Gasteiger partial charge < -0.3 is 19.4 Å². The lowest BCUT2D eigenvalue weighted by Gasteiger charge is -2.32. The van der Waals surface area contributed by atoms with E-state index in [0.717, 1.165) is 22.3 Å². The molecule has 3 atom stereocenters. The van der Waals surface area contributed by atoms with E-state index < -0.39 is 6.10 Å². The minimum atomic E-state index is -0.481. The molecular weight excluding hydrogens is 402 g/mol. The van der Waals surface area contributed by atoms with Gasteiger partial charge in [0, 0.05) is 23.4 Å². The van der Waals surface area contributed by atoms with E-state index in [0.29, 0.717) is 30.2 Å². The summed E-state index contributed by atoms with van der Waals surface area (Å²) in [5, 5.41) is 20.2. The SMILES string of the molecule is OC[C@@H]1C[C@H](O)C[C@H](c2ccc(Cl)c(Cc3ccc(C#Cc4ncco4)cc3)c2)O1. The van der Waals surface area contributed by atoms with Gasteiger partial charge in [-0.1, -0.05) is 41.8 Å². The quantitative estimate of drug-likeness (QED) is 0.622. The lowest BCUT2D eigenvalue weighted by molar-refractivity contribution is -0.113. The van der Waals surface area contributed by atoms with Crippen LogP contribution in [0.25, 0.3) is 0 Å². The summed E-state index contributed by atoms with van der Waals surface area (Å²) in [6, 6.07) is 13.8. The van der Waals surface area contributed by atoms with Crippen molar-refractivity contribution in [1.29, 1.82) is 0 Å². The molecule has 6 heteroatoms. The number of hydrogen-bond donors (Lipinski definition) is 2. The predicted octanol–water partition coefficient (Wildman–Crippen LogP) is 3.89. The lowest BCUT2D eigenvalue weighted by Crippen LogP contribution is -2.33. The summed E-state index contributed by atoms with van der Waals surface area (Å²) in [4.78, 5) is 3.98. The number of oxazole rings is 1. The first-order chi connectivity index (χ1) is 14.6. The average molecular weight is 424 g/mol. The van der Waals surface area contributed by atoms with Crippen LogP contribution in [0.2, 0.25) is 5.02 Å². The van der Waals surface area contributed by atoms with E-state index in [1.54, 1.807) is 6.20 Å². The second-order valence-electron chi connectivity index (χ2n) is 7.37. The molecule has 0 amide bonds. The fraction of sp³-hybridized carbons (Fsp3) is 0.292. The van der Waals surface area contributed by atoms with Gasteiger partial charge >= 0.3 is 0 Å². The Balaban J connectivity index is 1.48. The van der Waals surface area contributed by atoms with Gasteiger partial charge in [0.15, 0.2) is 0 Å². The summed E-state index contributed by atoms with van der Waals surface area (Å²) in [6.45, 7) is -0.0980. The van der Waals surface area contributed by atoms with E-state index in [4.69, 9.17) is 20.8 Å². The number of aliphatic hydroxyl groups is 2. The average Bonchev–Trinajstić information content (AvgIpc) is 3.28. The Morgan fingerprint density at radius 2 is 1.93 bits per heavy atom. The Morgan fingerprint density at radius 1 is 1.10 bits per heavy atom. The molecule has 3 aromatic rings. The number of aromatic nitrogens is 1. The molecule has 4 rings (SSSR count). The highest BCUT2D eigenvalue weighted by atomic mass is 35.5. The molecule has 0 unspecified atom stereocenters. The Morgan fingerprint density at radius 3 is 2.67 bits per heavy atom. The molecule has 1 aromatic heterocycles. The maximum Gasteiger partial charge on any atom is 0.273 e. The van der Waals surface area contributed by atoms with Gasteiger partial charge in [-0.15, -0.1) is 0 Å². The van der Waals surface area contributed by atoms with Gasteiger partial charge in [-0.2, -0.15) is 0 Å². The molecule has 154 valence electrons. The van der Waals surface area contributed by atoms with E-state index in [1.807, 2.05) is 42.5 Å². The largest absolute Gasteiger partial charge is 0.439 e. The van der Waals surface area contributed by atoms with E-state index in [2.05, 4.69) is 16.8 Å².